The summed E-state index contributed by atoms with van der Waals surface area (Å²) in [6.45, 7) is 0.219. The van der Waals surface area contributed by atoms with Gasteiger partial charge in [0.1, 0.15) is 5.75 Å². The molecule has 2 amide bonds. The monoisotopic (exact) mass is 254 g/mol. The van der Waals surface area contributed by atoms with E-state index < -0.39 is 0 Å². The number of piperazine rings is 1. The predicted octanol–water partition coefficient (Wildman–Crippen LogP) is 0.811. The summed E-state index contributed by atoms with van der Waals surface area (Å²) in [6, 6.07) is 5.10. The third-order valence-electron chi connectivity index (χ3n) is 2.44. The van der Waals surface area contributed by atoms with Gasteiger partial charge in [-0.05, 0) is 12.1 Å². The van der Waals surface area contributed by atoms with Crippen LogP contribution in [0.25, 0.3) is 0 Å². The molecule has 0 aliphatic carbocycles. The van der Waals surface area contributed by atoms with Crippen LogP contribution < -0.4 is 15.0 Å². The normalized spacial score (nSPS) is 15.8. The number of nitrogens with one attached hydrogen (secondary N) is 1. The zero-order chi connectivity index (χ0) is 12.4. The Kier molecular flexibility index (Phi) is 3.19. The first-order valence-corrected chi connectivity index (χ1v) is 5.39. The highest BCUT2D eigenvalue weighted by atomic mass is 35.5. The molecule has 17 heavy (non-hydrogen) atoms. The Morgan fingerprint density at radius 3 is 2.53 bits per heavy atom. The molecule has 1 aromatic rings. The van der Waals surface area contributed by atoms with Gasteiger partial charge in [0.15, 0.2) is 0 Å². The van der Waals surface area contributed by atoms with E-state index in [2.05, 4.69) is 5.32 Å². The van der Waals surface area contributed by atoms with E-state index in [1.54, 1.807) is 30.2 Å². The average Bonchev–Trinajstić information content (AvgIpc) is 2.28. The van der Waals surface area contributed by atoms with Crippen molar-refractivity contribution in [2.24, 2.45) is 0 Å². The lowest BCUT2D eigenvalue weighted by Crippen LogP contribution is -2.51. The van der Waals surface area contributed by atoms with Crippen LogP contribution in [0.3, 0.4) is 0 Å². The molecule has 1 aliphatic heterocycles. The minimum atomic E-state index is -0.333. The van der Waals surface area contributed by atoms with E-state index in [9.17, 15) is 9.59 Å². The second-order valence-corrected chi connectivity index (χ2v) is 4.05. The lowest BCUT2D eigenvalue weighted by Gasteiger charge is -2.28. The summed E-state index contributed by atoms with van der Waals surface area (Å²) in [4.78, 5) is 24.2. The van der Waals surface area contributed by atoms with E-state index in [-0.39, 0.29) is 24.9 Å². The summed E-state index contributed by atoms with van der Waals surface area (Å²) >= 11 is 6.04. The van der Waals surface area contributed by atoms with E-state index in [4.69, 9.17) is 16.3 Å². The molecule has 0 atom stereocenters. The number of hydrogen-bond donors (Lipinski definition) is 1. The first kappa shape index (κ1) is 11.7. The van der Waals surface area contributed by atoms with Crippen LogP contribution in [0.2, 0.25) is 5.02 Å². The Morgan fingerprint density at radius 1 is 1.29 bits per heavy atom. The third-order valence-corrected chi connectivity index (χ3v) is 2.76. The molecule has 0 bridgehead atoms. The number of ether oxygens (including phenoxy) is 1. The fourth-order valence-corrected chi connectivity index (χ4v) is 1.91. The van der Waals surface area contributed by atoms with Gasteiger partial charge in [-0.25, -0.2) is 0 Å². The van der Waals surface area contributed by atoms with Gasteiger partial charge < -0.3 is 9.64 Å². The quantitative estimate of drug-likeness (QED) is 0.794. The zero-order valence-corrected chi connectivity index (χ0v) is 9.95. The first-order chi connectivity index (χ1) is 8.10. The summed E-state index contributed by atoms with van der Waals surface area (Å²) in [5.41, 5.74) is 0.620. The first-order valence-electron chi connectivity index (χ1n) is 5.01. The molecule has 0 unspecified atom stereocenters. The number of halogens is 1. The van der Waals surface area contributed by atoms with Gasteiger partial charge in [0.2, 0.25) is 11.8 Å². The Labute approximate surface area is 103 Å². The molecule has 1 aromatic carbocycles. The van der Waals surface area contributed by atoms with Crippen molar-refractivity contribution in [1.82, 2.24) is 5.32 Å². The van der Waals surface area contributed by atoms with Crippen LogP contribution in [0.15, 0.2) is 18.2 Å². The predicted molar refractivity (Wildman–Crippen MR) is 63.4 cm³/mol. The molecule has 1 fully saturated rings. The van der Waals surface area contributed by atoms with Crippen LogP contribution in [-0.4, -0.2) is 32.0 Å². The molecule has 0 spiro atoms. The Morgan fingerprint density at radius 2 is 1.94 bits per heavy atom. The summed E-state index contributed by atoms with van der Waals surface area (Å²) < 4.78 is 5.08. The number of carbonyl (C=O) groups is 2. The topological polar surface area (TPSA) is 58.6 Å². The molecule has 0 aromatic heterocycles. The van der Waals surface area contributed by atoms with Crippen LogP contribution >= 0.6 is 11.6 Å². The molecule has 2 rings (SSSR count). The van der Waals surface area contributed by atoms with E-state index in [1.807, 2.05) is 0 Å². The summed E-state index contributed by atoms with van der Waals surface area (Å²) in [5, 5.41) is 2.71. The lowest BCUT2D eigenvalue weighted by molar-refractivity contribution is -0.130. The van der Waals surface area contributed by atoms with E-state index >= 15 is 0 Å². The highest BCUT2D eigenvalue weighted by Crippen LogP contribution is 2.30. The highest BCUT2D eigenvalue weighted by molar-refractivity contribution is 6.33. The smallest absolute Gasteiger partial charge is 0.246 e. The van der Waals surface area contributed by atoms with E-state index in [0.29, 0.717) is 16.5 Å². The number of methoxy groups -OCH3 is 1. The van der Waals surface area contributed by atoms with Crippen molar-refractivity contribution in [1.29, 1.82) is 0 Å². The van der Waals surface area contributed by atoms with Gasteiger partial charge >= 0.3 is 0 Å². The van der Waals surface area contributed by atoms with Crippen molar-refractivity contribution < 1.29 is 14.3 Å². The molecule has 0 radical (unpaired) electrons. The lowest BCUT2D eigenvalue weighted by atomic mass is 10.2. The van der Waals surface area contributed by atoms with Crippen LogP contribution in [0.5, 0.6) is 5.75 Å². The number of anilines is 1. The zero-order valence-electron chi connectivity index (χ0n) is 9.20. The van der Waals surface area contributed by atoms with Crippen molar-refractivity contribution in [3.8, 4) is 5.75 Å². The third kappa shape index (κ3) is 2.50. The SMILES string of the molecule is COc1ccc(Cl)c(N2CC(=O)NC(=O)C2)c1. The number of rotatable bonds is 2. The molecular weight excluding hydrogens is 244 g/mol. The summed E-state index contributed by atoms with van der Waals surface area (Å²) in [6.07, 6.45) is 0. The van der Waals surface area contributed by atoms with Crippen LogP contribution in [-0.2, 0) is 9.59 Å². The standard InChI is InChI=1S/C11H11ClN2O3/c1-17-7-2-3-8(12)9(4-7)14-5-10(15)13-11(16)6-14/h2-4H,5-6H2,1H3,(H,13,15,16). The van der Waals surface area contributed by atoms with Crippen molar-refractivity contribution in [3.05, 3.63) is 23.2 Å². The van der Waals surface area contributed by atoms with Gasteiger partial charge in [0.25, 0.3) is 0 Å². The molecule has 1 heterocycles. The summed E-state index contributed by atoms with van der Waals surface area (Å²) in [7, 11) is 1.54. The molecule has 0 saturated carbocycles. The van der Waals surface area contributed by atoms with Crippen molar-refractivity contribution in [2.75, 3.05) is 25.1 Å². The molecular formula is C11H11ClN2O3. The van der Waals surface area contributed by atoms with Crippen LogP contribution in [0.1, 0.15) is 0 Å². The van der Waals surface area contributed by atoms with E-state index in [1.165, 1.54) is 0 Å². The number of imide groups is 1. The number of amides is 2. The fourth-order valence-electron chi connectivity index (χ4n) is 1.67. The molecule has 1 N–H and O–H groups in total. The minimum absolute atomic E-state index is 0.110. The highest BCUT2D eigenvalue weighted by Gasteiger charge is 2.24. The Hall–Kier alpha value is -1.75. The molecule has 6 heteroatoms. The van der Waals surface area contributed by atoms with Gasteiger partial charge in [-0.2, -0.15) is 0 Å². The van der Waals surface area contributed by atoms with Crippen LogP contribution in [0.4, 0.5) is 5.69 Å². The second kappa shape index (κ2) is 4.63. The van der Waals surface area contributed by atoms with Gasteiger partial charge in [0.05, 0.1) is 30.9 Å². The second-order valence-electron chi connectivity index (χ2n) is 3.64. The maximum absolute atomic E-state index is 11.3. The largest absolute Gasteiger partial charge is 0.497 e. The summed E-state index contributed by atoms with van der Waals surface area (Å²) in [5.74, 6) is -0.0388. The van der Waals surface area contributed by atoms with Crippen molar-refractivity contribution >= 4 is 29.1 Å². The maximum Gasteiger partial charge on any atom is 0.246 e. The Balaban J connectivity index is 2.32. The van der Waals surface area contributed by atoms with Crippen LogP contribution in [0, 0.1) is 0 Å². The van der Waals surface area contributed by atoms with Gasteiger partial charge in [0, 0.05) is 6.07 Å². The average molecular weight is 255 g/mol. The van der Waals surface area contributed by atoms with Gasteiger partial charge in [-0.1, -0.05) is 11.6 Å². The Bertz CT molecular complexity index is 460. The number of carbonyl (C=O) groups excluding carboxylic acids is 2. The van der Waals surface area contributed by atoms with E-state index in [0.717, 1.165) is 0 Å². The maximum atomic E-state index is 11.3. The fraction of sp³-hybridized carbons (Fsp3) is 0.273. The van der Waals surface area contributed by atoms with Crippen molar-refractivity contribution in [3.63, 3.8) is 0 Å². The van der Waals surface area contributed by atoms with Gasteiger partial charge in [-0.15, -0.1) is 0 Å². The molecule has 1 aliphatic rings. The number of benzene rings is 1. The number of nitrogens with zero attached hydrogens (tertiary/aromatic N) is 1. The van der Waals surface area contributed by atoms with Gasteiger partial charge in [-0.3, -0.25) is 14.9 Å². The molecule has 90 valence electrons. The van der Waals surface area contributed by atoms with Crippen molar-refractivity contribution in [2.45, 2.75) is 0 Å². The molecule has 5 nitrogen and oxygen atoms in total. The minimum Gasteiger partial charge on any atom is -0.497 e. The number of hydrogen-bond acceptors (Lipinski definition) is 4. The molecule has 1 saturated heterocycles.